The summed E-state index contributed by atoms with van der Waals surface area (Å²) in [5.74, 6) is 0.0226. The van der Waals surface area contributed by atoms with Gasteiger partial charge in [-0.15, -0.1) is 0 Å². The molecule has 1 saturated heterocycles. The van der Waals surface area contributed by atoms with E-state index < -0.39 is 0 Å². The Morgan fingerprint density at radius 3 is 2.68 bits per heavy atom. The van der Waals surface area contributed by atoms with Gasteiger partial charge in [0.1, 0.15) is 0 Å². The molecule has 1 unspecified atom stereocenters. The number of nitrogens with zero attached hydrogens (tertiary/aromatic N) is 2. The molecular formula is C14H19N3OS. The van der Waals surface area contributed by atoms with Crippen molar-refractivity contribution in [3.63, 3.8) is 0 Å². The van der Waals surface area contributed by atoms with E-state index in [9.17, 15) is 4.79 Å². The Balaban J connectivity index is 2.20. The van der Waals surface area contributed by atoms with E-state index >= 15 is 0 Å². The molecule has 19 heavy (non-hydrogen) atoms. The molecule has 1 atom stereocenters. The lowest BCUT2D eigenvalue weighted by atomic mass is 10.0. The maximum absolute atomic E-state index is 12.2. The number of carbonyl (C=O) groups is 1. The molecule has 1 heterocycles. The number of thiocarbonyl (C=S) groups is 1. The first-order valence-corrected chi connectivity index (χ1v) is 6.80. The molecule has 0 aromatic heterocycles. The fourth-order valence-corrected chi connectivity index (χ4v) is 2.55. The Bertz CT molecular complexity index is 463. The molecule has 1 fully saturated rings. The highest BCUT2D eigenvalue weighted by Gasteiger charge is 2.29. The van der Waals surface area contributed by atoms with Crippen molar-refractivity contribution in [2.75, 3.05) is 26.7 Å². The molecule has 0 spiro atoms. The number of hydrogen-bond acceptors (Lipinski definition) is 3. The van der Waals surface area contributed by atoms with E-state index in [4.69, 9.17) is 18.0 Å². The van der Waals surface area contributed by atoms with Crippen molar-refractivity contribution in [1.82, 2.24) is 9.80 Å². The number of hydrogen-bond donors (Lipinski definition) is 1. The Labute approximate surface area is 119 Å². The van der Waals surface area contributed by atoms with Gasteiger partial charge in [0, 0.05) is 19.6 Å². The van der Waals surface area contributed by atoms with Gasteiger partial charge in [-0.3, -0.25) is 4.79 Å². The Morgan fingerprint density at radius 2 is 2.05 bits per heavy atom. The van der Waals surface area contributed by atoms with Crippen LogP contribution in [-0.4, -0.2) is 47.4 Å². The van der Waals surface area contributed by atoms with E-state index in [1.807, 2.05) is 23.1 Å². The SMILES string of the molecule is CN1CCN(C(=O)CC(N)=S)C(c2ccccc2)C1. The normalized spacial score (nSPS) is 20.3. The van der Waals surface area contributed by atoms with Crippen LogP contribution in [0.5, 0.6) is 0 Å². The minimum Gasteiger partial charge on any atom is -0.393 e. The van der Waals surface area contributed by atoms with Crippen molar-refractivity contribution in [1.29, 1.82) is 0 Å². The maximum atomic E-state index is 12.2. The van der Waals surface area contributed by atoms with Crippen LogP contribution in [0.25, 0.3) is 0 Å². The number of rotatable bonds is 3. The van der Waals surface area contributed by atoms with Gasteiger partial charge in [0.15, 0.2) is 0 Å². The number of benzene rings is 1. The second kappa shape index (κ2) is 6.12. The van der Waals surface area contributed by atoms with E-state index in [0.717, 1.165) is 25.2 Å². The van der Waals surface area contributed by atoms with Gasteiger partial charge in [0.05, 0.1) is 17.5 Å². The highest BCUT2D eigenvalue weighted by molar-refractivity contribution is 7.80. The van der Waals surface area contributed by atoms with Crippen molar-refractivity contribution in [3.05, 3.63) is 35.9 Å². The van der Waals surface area contributed by atoms with Gasteiger partial charge in [-0.2, -0.15) is 0 Å². The molecule has 102 valence electrons. The molecule has 0 radical (unpaired) electrons. The summed E-state index contributed by atoms with van der Waals surface area (Å²) in [7, 11) is 2.07. The van der Waals surface area contributed by atoms with Crippen molar-refractivity contribution >= 4 is 23.1 Å². The van der Waals surface area contributed by atoms with Crippen LogP contribution in [0, 0.1) is 0 Å². The van der Waals surface area contributed by atoms with E-state index in [-0.39, 0.29) is 23.4 Å². The summed E-state index contributed by atoms with van der Waals surface area (Å²) >= 11 is 4.84. The van der Waals surface area contributed by atoms with Crippen LogP contribution in [0.15, 0.2) is 30.3 Å². The van der Waals surface area contributed by atoms with Crippen molar-refractivity contribution in [2.45, 2.75) is 12.5 Å². The molecule has 0 saturated carbocycles. The first kappa shape index (κ1) is 14.0. The zero-order valence-electron chi connectivity index (χ0n) is 11.1. The van der Waals surface area contributed by atoms with Gasteiger partial charge in [0.2, 0.25) is 5.91 Å². The quantitative estimate of drug-likeness (QED) is 0.843. The number of piperazine rings is 1. The van der Waals surface area contributed by atoms with E-state index in [2.05, 4.69) is 24.1 Å². The van der Waals surface area contributed by atoms with Crippen LogP contribution >= 0.6 is 12.2 Å². The molecule has 0 bridgehead atoms. The average molecular weight is 277 g/mol. The highest BCUT2D eigenvalue weighted by atomic mass is 32.1. The zero-order chi connectivity index (χ0) is 13.8. The molecular weight excluding hydrogens is 258 g/mol. The average Bonchev–Trinajstić information content (AvgIpc) is 2.38. The van der Waals surface area contributed by atoms with Crippen molar-refractivity contribution in [2.24, 2.45) is 5.73 Å². The smallest absolute Gasteiger partial charge is 0.229 e. The van der Waals surface area contributed by atoms with Gasteiger partial charge >= 0.3 is 0 Å². The van der Waals surface area contributed by atoms with E-state index in [1.54, 1.807) is 0 Å². The first-order valence-electron chi connectivity index (χ1n) is 6.39. The summed E-state index contributed by atoms with van der Waals surface area (Å²) in [4.78, 5) is 16.6. The van der Waals surface area contributed by atoms with Gasteiger partial charge in [-0.05, 0) is 12.6 Å². The Morgan fingerprint density at radius 1 is 1.37 bits per heavy atom. The maximum Gasteiger partial charge on any atom is 0.229 e. The molecule has 2 N–H and O–H groups in total. The van der Waals surface area contributed by atoms with Gasteiger partial charge in [0.25, 0.3) is 0 Å². The third-order valence-corrected chi connectivity index (χ3v) is 3.56. The second-order valence-corrected chi connectivity index (χ2v) is 5.44. The zero-order valence-corrected chi connectivity index (χ0v) is 11.9. The summed E-state index contributed by atoms with van der Waals surface area (Å²) in [5, 5.41) is 0. The monoisotopic (exact) mass is 277 g/mol. The van der Waals surface area contributed by atoms with Crippen LogP contribution in [0.1, 0.15) is 18.0 Å². The second-order valence-electron chi connectivity index (χ2n) is 4.92. The molecule has 4 nitrogen and oxygen atoms in total. The molecule has 1 aliphatic heterocycles. The minimum atomic E-state index is 0.0226. The van der Waals surface area contributed by atoms with Crippen molar-refractivity contribution in [3.8, 4) is 0 Å². The predicted molar refractivity (Wildman–Crippen MR) is 79.8 cm³/mol. The summed E-state index contributed by atoms with van der Waals surface area (Å²) in [6.45, 7) is 2.44. The van der Waals surface area contributed by atoms with E-state index in [1.165, 1.54) is 0 Å². The topological polar surface area (TPSA) is 49.6 Å². The molecule has 5 heteroatoms. The van der Waals surface area contributed by atoms with Crippen LogP contribution in [0.2, 0.25) is 0 Å². The largest absolute Gasteiger partial charge is 0.393 e. The van der Waals surface area contributed by atoms with Crippen LogP contribution in [-0.2, 0) is 4.79 Å². The third kappa shape index (κ3) is 3.52. The van der Waals surface area contributed by atoms with Crippen LogP contribution < -0.4 is 5.73 Å². The molecule has 1 aliphatic rings. The Kier molecular flexibility index (Phi) is 4.50. The van der Waals surface area contributed by atoms with Gasteiger partial charge < -0.3 is 15.5 Å². The lowest BCUT2D eigenvalue weighted by Gasteiger charge is -2.40. The van der Waals surface area contributed by atoms with Gasteiger partial charge in [-0.25, -0.2) is 0 Å². The molecule has 2 rings (SSSR count). The summed E-state index contributed by atoms with van der Waals surface area (Å²) in [6, 6.07) is 10.2. The summed E-state index contributed by atoms with van der Waals surface area (Å²) in [6.07, 6.45) is 0.155. The lowest BCUT2D eigenvalue weighted by molar-refractivity contribution is -0.134. The van der Waals surface area contributed by atoms with Gasteiger partial charge in [-0.1, -0.05) is 42.5 Å². The number of likely N-dealkylation sites (N-methyl/N-ethyl adjacent to an activating group) is 1. The molecule has 0 aliphatic carbocycles. The molecule has 1 aromatic carbocycles. The third-order valence-electron chi connectivity index (χ3n) is 3.41. The highest BCUT2D eigenvalue weighted by Crippen LogP contribution is 2.25. The number of carbonyl (C=O) groups excluding carboxylic acids is 1. The van der Waals surface area contributed by atoms with Crippen LogP contribution in [0.4, 0.5) is 0 Å². The first-order chi connectivity index (χ1) is 9.08. The standard InChI is InChI=1S/C14H19N3OS/c1-16-7-8-17(14(18)9-13(15)19)12(10-16)11-5-3-2-4-6-11/h2-6,12H,7-10H2,1H3,(H2,15,19). The fraction of sp³-hybridized carbons (Fsp3) is 0.429. The predicted octanol–water partition coefficient (Wildman–Crippen LogP) is 1.18. The number of amides is 1. The summed E-state index contributed by atoms with van der Waals surface area (Å²) in [5.41, 5.74) is 6.64. The van der Waals surface area contributed by atoms with E-state index in [0.29, 0.717) is 0 Å². The molecule has 1 aromatic rings. The Hall–Kier alpha value is -1.46. The fourth-order valence-electron chi connectivity index (χ4n) is 2.43. The lowest BCUT2D eigenvalue weighted by Crippen LogP contribution is -2.49. The van der Waals surface area contributed by atoms with Crippen molar-refractivity contribution < 1.29 is 4.79 Å². The minimum absolute atomic E-state index is 0.0226. The van der Waals surface area contributed by atoms with Crippen LogP contribution in [0.3, 0.4) is 0 Å². The number of nitrogens with two attached hydrogens (primary N) is 1. The molecule has 1 amide bonds. The summed E-state index contributed by atoms with van der Waals surface area (Å²) < 4.78 is 0.